The summed E-state index contributed by atoms with van der Waals surface area (Å²) in [7, 11) is 0. The smallest absolute Gasteiger partial charge is 0.333 e. The van der Waals surface area contributed by atoms with Gasteiger partial charge in [0.1, 0.15) is 6.61 Å². The van der Waals surface area contributed by atoms with Gasteiger partial charge in [-0.3, -0.25) is 0 Å². The van der Waals surface area contributed by atoms with Crippen molar-refractivity contribution in [3.8, 4) is 0 Å². The molecule has 0 aliphatic rings. The molecule has 0 rings (SSSR count). The van der Waals surface area contributed by atoms with Crippen LogP contribution in [0.5, 0.6) is 0 Å². The van der Waals surface area contributed by atoms with Crippen molar-refractivity contribution >= 4 is 5.97 Å². The molecule has 0 unspecified atom stereocenters. The Morgan fingerprint density at radius 3 is 2.58 bits per heavy atom. The van der Waals surface area contributed by atoms with Gasteiger partial charge in [-0.05, 0) is 26.3 Å². The highest BCUT2D eigenvalue weighted by atomic mass is 16.5. The molecule has 0 aromatic carbocycles. The van der Waals surface area contributed by atoms with Crippen LogP contribution in [0.1, 0.15) is 27.2 Å². The Bertz CT molecular complexity index is 345. The molecule has 0 saturated carbocycles. The van der Waals surface area contributed by atoms with Gasteiger partial charge < -0.3 is 14.7 Å². The fraction of sp³-hybridized carbons (Fsp3) is 0.533. The molecule has 0 saturated heterocycles. The summed E-state index contributed by atoms with van der Waals surface area (Å²) in [4.78, 5) is 13.3. The number of carbonyl (C=O) groups excluding carboxylic acids is 1. The zero-order chi connectivity index (χ0) is 14.7. The van der Waals surface area contributed by atoms with E-state index in [4.69, 9.17) is 9.84 Å². The molecule has 0 heterocycles. The zero-order valence-electron chi connectivity index (χ0n) is 12.2. The molecule has 0 amide bonds. The van der Waals surface area contributed by atoms with Crippen LogP contribution in [0.15, 0.2) is 36.1 Å². The minimum absolute atomic E-state index is 0.0625. The average molecular weight is 267 g/mol. The lowest BCUT2D eigenvalue weighted by atomic mass is 10.2. The third-order valence-corrected chi connectivity index (χ3v) is 2.43. The molecule has 4 heteroatoms. The van der Waals surface area contributed by atoms with Gasteiger partial charge in [-0.1, -0.05) is 25.7 Å². The number of carbonyl (C=O) groups is 1. The molecule has 0 aromatic rings. The topological polar surface area (TPSA) is 49.8 Å². The van der Waals surface area contributed by atoms with Crippen molar-refractivity contribution in [2.75, 3.05) is 26.3 Å². The van der Waals surface area contributed by atoms with Crippen LogP contribution in [-0.4, -0.2) is 42.3 Å². The van der Waals surface area contributed by atoms with E-state index in [-0.39, 0.29) is 19.2 Å². The predicted octanol–water partition coefficient (Wildman–Crippen LogP) is 2.27. The van der Waals surface area contributed by atoms with Crippen LogP contribution >= 0.6 is 0 Å². The lowest BCUT2D eigenvalue weighted by Crippen LogP contribution is -2.30. The first-order valence-electron chi connectivity index (χ1n) is 6.58. The fourth-order valence-electron chi connectivity index (χ4n) is 1.54. The second kappa shape index (κ2) is 10.4. The first-order valence-corrected chi connectivity index (χ1v) is 6.58. The summed E-state index contributed by atoms with van der Waals surface area (Å²) in [5.41, 5.74) is 1.43. The molecule has 0 aromatic heterocycles. The molecule has 0 atom stereocenters. The van der Waals surface area contributed by atoms with Crippen LogP contribution in [0.4, 0.5) is 0 Å². The summed E-state index contributed by atoms with van der Waals surface area (Å²) < 4.78 is 5.07. The summed E-state index contributed by atoms with van der Waals surface area (Å²) in [5.74, 6) is -0.379. The molecule has 1 N–H and O–H groups in total. The minimum atomic E-state index is -0.379. The molecule has 108 valence electrons. The molecule has 0 radical (unpaired) electrons. The second-order valence-electron chi connectivity index (χ2n) is 4.16. The standard InChI is InChI=1S/C15H25NO3/c1-5-7-14(8-6-2)16(9-11-17)10-12-19-15(18)13(3)4/h5,7-8,17H,3,6,9-12H2,1-2,4H3/b7-5-,14-8+. The van der Waals surface area contributed by atoms with Gasteiger partial charge in [0.2, 0.25) is 0 Å². The van der Waals surface area contributed by atoms with Crippen molar-refractivity contribution in [1.82, 2.24) is 4.90 Å². The highest BCUT2D eigenvalue weighted by Crippen LogP contribution is 2.07. The third kappa shape index (κ3) is 7.47. The molecule has 0 aliphatic carbocycles. The summed E-state index contributed by atoms with van der Waals surface area (Å²) >= 11 is 0. The van der Waals surface area contributed by atoms with Crippen LogP contribution < -0.4 is 0 Å². The number of allylic oxidation sites excluding steroid dienone is 3. The van der Waals surface area contributed by atoms with Gasteiger partial charge >= 0.3 is 5.97 Å². The number of aliphatic hydroxyl groups is 1. The summed E-state index contributed by atoms with van der Waals surface area (Å²) in [6.45, 7) is 10.6. The predicted molar refractivity (Wildman–Crippen MR) is 77.6 cm³/mol. The molecule has 0 fully saturated rings. The largest absolute Gasteiger partial charge is 0.460 e. The van der Waals surface area contributed by atoms with Gasteiger partial charge in [-0.2, -0.15) is 0 Å². The zero-order valence-corrected chi connectivity index (χ0v) is 12.2. The molecule has 0 spiro atoms. The monoisotopic (exact) mass is 267 g/mol. The second-order valence-corrected chi connectivity index (χ2v) is 4.16. The number of hydrogen-bond acceptors (Lipinski definition) is 4. The SMILES string of the molecule is C=C(C)C(=O)OCCN(CCO)C(/C=C\C)=C/CC. The quantitative estimate of drug-likeness (QED) is 0.395. The van der Waals surface area contributed by atoms with Crippen molar-refractivity contribution in [1.29, 1.82) is 0 Å². The number of hydrogen-bond donors (Lipinski definition) is 1. The van der Waals surface area contributed by atoms with Crippen molar-refractivity contribution in [3.63, 3.8) is 0 Å². The maximum atomic E-state index is 11.3. The Labute approximate surface area is 116 Å². The van der Waals surface area contributed by atoms with Gasteiger partial charge in [0.05, 0.1) is 13.2 Å². The van der Waals surface area contributed by atoms with Gasteiger partial charge in [0, 0.05) is 17.8 Å². The van der Waals surface area contributed by atoms with E-state index in [0.717, 1.165) is 12.1 Å². The number of esters is 1. The first kappa shape index (κ1) is 17.4. The number of ether oxygens (including phenoxy) is 1. The average Bonchev–Trinajstić information content (AvgIpc) is 2.37. The summed E-state index contributed by atoms with van der Waals surface area (Å²) in [6, 6.07) is 0. The minimum Gasteiger partial charge on any atom is -0.460 e. The highest BCUT2D eigenvalue weighted by Gasteiger charge is 2.08. The molecule has 0 bridgehead atoms. The number of aliphatic hydroxyl groups excluding tert-OH is 1. The van der Waals surface area contributed by atoms with E-state index in [1.165, 1.54) is 0 Å². The van der Waals surface area contributed by atoms with Crippen LogP contribution in [-0.2, 0) is 9.53 Å². The molecule has 0 aliphatic heterocycles. The first-order chi connectivity index (χ1) is 9.06. The number of rotatable bonds is 9. The van der Waals surface area contributed by atoms with Gasteiger partial charge in [0.25, 0.3) is 0 Å². The van der Waals surface area contributed by atoms with E-state index in [1.807, 2.05) is 24.0 Å². The van der Waals surface area contributed by atoms with E-state index < -0.39 is 0 Å². The summed E-state index contributed by atoms with van der Waals surface area (Å²) in [5, 5.41) is 9.10. The molecule has 4 nitrogen and oxygen atoms in total. The van der Waals surface area contributed by atoms with Crippen molar-refractivity contribution in [2.24, 2.45) is 0 Å². The fourth-order valence-corrected chi connectivity index (χ4v) is 1.54. The summed E-state index contributed by atoms with van der Waals surface area (Å²) in [6.07, 6.45) is 6.93. The van der Waals surface area contributed by atoms with Crippen molar-refractivity contribution < 1.29 is 14.6 Å². The highest BCUT2D eigenvalue weighted by molar-refractivity contribution is 5.86. The maximum absolute atomic E-state index is 11.3. The molecular formula is C15H25NO3. The van der Waals surface area contributed by atoms with E-state index >= 15 is 0 Å². The molecule has 19 heavy (non-hydrogen) atoms. The van der Waals surface area contributed by atoms with Gasteiger partial charge in [-0.25, -0.2) is 4.79 Å². The van der Waals surface area contributed by atoms with Crippen LogP contribution in [0.25, 0.3) is 0 Å². The van der Waals surface area contributed by atoms with E-state index in [9.17, 15) is 4.79 Å². The van der Waals surface area contributed by atoms with Gasteiger partial charge in [0.15, 0.2) is 0 Å². The maximum Gasteiger partial charge on any atom is 0.333 e. The lowest BCUT2D eigenvalue weighted by molar-refractivity contribution is -0.139. The Balaban J connectivity index is 4.50. The number of nitrogens with zero attached hydrogens (tertiary/aromatic N) is 1. The van der Waals surface area contributed by atoms with Crippen LogP contribution in [0.2, 0.25) is 0 Å². The Morgan fingerprint density at radius 1 is 1.42 bits per heavy atom. The molecular weight excluding hydrogens is 242 g/mol. The Kier molecular flexibility index (Phi) is 9.53. The van der Waals surface area contributed by atoms with E-state index in [2.05, 4.69) is 19.6 Å². The van der Waals surface area contributed by atoms with Crippen molar-refractivity contribution in [2.45, 2.75) is 27.2 Å². The Hall–Kier alpha value is -1.55. The van der Waals surface area contributed by atoms with E-state index in [0.29, 0.717) is 18.7 Å². The van der Waals surface area contributed by atoms with Crippen LogP contribution in [0, 0.1) is 0 Å². The Morgan fingerprint density at radius 2 is 2.11 bits per heavy atom. The van der Waals surface area contributed by atoms with Crippen LogP contribution in [0.3, 0.4) is 0 Å². The third-order valence-electron chi connectivity index (χ3n) is 2.43. The van der Waals surface area contributed by atoms with E-state index in [1.54, 1.807) is 6.92 Å². The lowest BCUT2D eigenvalue weighted by Gasteiger charge is -2.25. The van der Waals surface area contributed by atoms with Crippen molar-refractivity contribution in [3.05, 3.63) is 36.1 Å². The van der Waals surface area contributed by atoms with Gasteiger partial charge in [-0.15, -0.1) is 0 Å². The normalized spacial score (nSPS) is 11.7.